The summed E-state index contributed by atoms with van der Waals surface area (Å²) in [6.45, 7) is 8.91. The lowest BCUT2D eigenvalue weighted by atomic mass is 10.1. The quantitative estimate of drug-likeness (QED) is 0.507. The summed E-state index contributed by atoms with van der Waals surface area (Å²) in [5.41, 5.74) is 3.15. The van der Waals surface area contributed by atoms with E-state index in [9.17, 15) is 0 Å². The third kappa shape index (κ3) is 3.34. The Bertz CT molecular complexity index is 98.6. The number of hydrogen-bond donors (Lipinski definition) is 0. The Balaban J connectivity index is 3.78. The smallest absolute Gasteiger partial charge is 0.0323 e. The van der Waals surface area contributed by atoms with Crippen LogP contribution in [0.3, 0.4) is 0 Å². The second-order valence-corrected chi connectivity index (χ2v) is 2.66. The molecule has 9 heavy (non-hydrogen) atoms. The highest BCUT2D eigenvalue weighted by atomic mass is 14.0. The highest BCUT2D eigenvalue weighted by Crippen LogP contribution is 2.11. The molecule has 0 nitrogen and oxygen atoms in total. The van der Waals surface area contributed by atoms with Crippen LogP contribution in [0.4, 0.5) is 0 Å². The van der Waals surface area contributed by atoms with Gasteiger partial charge in [-0.25, -0.2) is 0 Å². The summed E-state index contributed by atoms with van der Waals surface area (Å²) in [5, 5.41) is 0. The molecule has 54 valence electrons. The van der Waals surface area contributed by atoms with Crippen LogP contribution in [0.5, 0.6) is 0 Å². The lowest BCUT2D eigenvalue weighted by Crippen LogP contribution is -1.81. The van der Waals surface area contributed by atoms with E-state index in [1.165, 1.54) is 19.3 Å². The molecule has 0 heterocycles. The first-order valence-electron chi connectivity index (χ1n) is 3.87. The lowest BCUT2D eigenvalue weighted by molar-refractivity contribution is 0.874. The van der Waals surface area contributed by atoms with E-state index in [0.717, 1.165) is 0 Å². The second-order valence-electron chi connectivity index (χ2n) is 2.66. The van der Waals surface area contributed by atoms with E-state index in [4.69, 9.17) is 0 Å². The van der Waals surface area contributed by atoms with Gasteiger partial charge in [0, 0.05) is 0 Å². The predicted molar refractivity (Wildman–Crippen MR) is 43.6 cm³/mol. The van der Waals surface area contributed by atoms with E-state index in [2.05, 4.69) is 27.7 Å². The minimum Gasteiger partial charge on any atom is -0.0747 e. The highest BCUT2D eigenvalue weighted by molar-refractivity contribution is 5.08. The van der Waals surface area contributed by atoms with Gasteiger partial charge in [-0.15, -0.1) is 0 Å². The van der Waals surface area contributed by atoms with Crippen molar-refractivity contribution in [1.29, 1.82) is 0 Å². The normalized spacial score (nSPS) is 13.3. The van der Waals surface area contributed by atoms with Gasteiger partial charge in [-0.3, -0.25) is 0 Å². The standard InChI is InChI=1S/C9H18/c1-5-7-9(4)8(3)6-2/h5-7H2,1-4H3/b9-8+. The van der Waals surface area contributed by atoms with Crippen LogP contribution in [-0.2, 0) is 0 Å². The third-order valence-electron chi connectivity index (χ3n) is 1.88. The fraction of sp³-hybridized carbons (Fsp3) is 0.778. The summed E-state index contributed by atoms with van der Waals surface area (Å²) in [6.07, 6.45) is 3.77. The zero-order valence-corrected chi connectivity index (χ0v) is 7.12. The molecule has 0 rings (SSSR count). The van der Waals surface area contributed by atoms with E-state index in [1.807, 2.05) is 0 Å². The zero-order chi connectivity index (χ0) is 7.28. The summed E-state index contributed by atoms with van der Waals surface area (Å²) in [7, 11) is 0. The molecule has 0 fully saturated rings. The van der Waals surface area contributed by atoms with Crippen molar-refractivity contribution in [2.24, 2.45) is 0 Å². The van der Waals surface area contributed by atoms with Crippen LogP contribution >= 0.6 is 0 Å². The van der Waals surface area contributed by atoms with Gasteiger partial charge in [-0.05, 0) is 26.7 Å². The first kappa shape index (κ1) is 8.74. The SMILES string of the molecule is CCC/C(C)=C(\C)CC. The number of rotatable bonds is 3. The molecule has 0 saturated heterocycles. The molecule has 0 aliphatic carbocycles. The average Bonchev–Trinajstić information content (AvgIpc) is 1.87. The van der Waals surface area contributed by atoms with Gasteiger partial charge in [-0.1, -0.05) is 31.4 Å². The molecular weight excluding hydrogens is 108 g/mol. The predicted octanol–water partition coefficient (Wildman–Crippen LogP) is 3.53. The molecule has 0 aromatic rings. The Kier molecular flexibility index (Phi) is 4.47. The van der Waals surface area contributed by atoms with Crippen LogP contribution in [0.25, 0.3) is 0 Å². The minimum atomic E-state index is 1.21. The van der Waals surface area contributed by atoms with Crippen molar-refractivity contribution in [3.8, 4) is 0 Å². The highest BCUT2D eigenvalue weighted by Gasteiger charge is 1.91. The Morgan fingerprint density at radius 2 is 1.56 bits per heavy atom. The van der Waals surface area contributed by atoms with E-state index in [1.54, 1.807) is 11.1 Å². The molecule has 0 spiro atoms. The Morgan fingerprint density at radius 3 is 1.89 bits per heavy atom. The van der Waals surface area contributed by atoms with Gasteiger partial charge in [0.05, 0.1) is 0 Å². The van der Waals surface area contributed by atoms with Gasteiger partial charge in [0.25, 0.3) is 0 Å². The topological polar surface area (TPSA) is 0 Å². The monoisotopic (exact) mass is 126 g/mol. The Morgan fingerprint density at radius 1 is 1.00 bits per heavy atom. The van der Waals surface area contributed by atoms with E-state index in [-0.39, 0.29) is 0 Å². The maximum atomic E-state index is 2.24. The van der Waals surface area contributed by atoms with Crippen molar-refractivity contribution in [2.45, 2.75) is 47.0 Å². The van der Waals surface area contributed by atoms with Crippen LogP contribution < -0.4 is 0 Å². The van der Waals surface area contributed by atoms with E-state index >= 15 is 0 Å². The van der Waals surface area contributed by atoms with Crippen molar-refractivity contribution in [2.75, 3.05) is 0 Å². The zero-order valence-electron chi connectivity index (χ0n) is 7.12. The van der Waals surface area contributed by atoms with Crippen LogP contribution in [-0.4, -0.2) is 0 Å². The minimum absolute atomic E-state index is 1.21. The average molecular weight is 126 g/mol. The molecule has 0 radical (unpaired) electrons. The van der Waals surface area contributed by atoms with Crippen molar-refractivity contribution in [3.63, 3.8) is 0 Å². The lowest BCUT2D eigenvalue weighted by Gasteiger charge is -2.02. The molecule has 0 saturated carbocycles. The fourth-order valence-corrected chi connectivity index (χ4v) is 0.890. The van der Waals surface area contributed by atoms with Crippen LogP contribution in [0.2, 0.25) is 0 Å². The van der Waals surface area contributed by atoms with Gasteiger partial charge in [0.1, 0.15) is 0 Å². The van der Waals surface area contributed by atoms with Crippen molar-refractivity contribution in [1.82, 2.24) is 0 Å². The maximum absolute atomic E-state index is 2.24. The van der Waals surface area contributed by atoms with Crippen LogP contribution in [0, 0.1) is 0 Å². The van der Waals surface area contributed by atoms with Crippen molar-refractivity contribution in [3.05, 3.63) is 11.1 Å². The molecular formula is C9H18. The third-order valence-corrected chi connectivity index (χ3v) is 1.88. The van der Waals surface area contributed by atoms with Crippen LogP contribution in [0.15, 0.2) is 11.1 Å². The summed E-state index contributed by atoms with van der Waals surface area (Å²) in [4.78, 5) is 0. The summed E-state index contributed by atoms with van der Waals surface area (Å²) in [6, 6.07) is 0. The largest absolute Gasteiger partial charge is 0.0747 e. The van der Waals surface area contributed by atoms with Gasteiger partial charge >= 0.3 is 0 Å². The van der Waals surface area contributed by atoms with Gasteiger partial charge in [-0.2, -0.15) is 0 Å². The molecule has 0 bridgehead atoms. The molecule has 0 unspecified atom stereocenters. The fourth-order valence-electron chi connectivity index (χ4n) is 0.890. The first-order valence-corrected chi connectivity index (χ1v) is 3.87. The molecule has 0 heteroatoms. The van der Waals surface area contributed by atoms with Gasteiger partial charge in [0.15, 0.2) is 0 Å². The van der Waals surface area contributed by atoms with Gasteiger partial charge < -0.3 is 0 Å². The van der Waals surface area contributed by atoms with Crippen LogP contribution in [0.1, 0.15) is 47.0 Å². The van der Waals surface area contributed by atoms with E-state index < -0.39 is 0 Å². The maximum Gasteiger partial charge on any atom is -0.0323 e. The molecule has 0 aromatic carbocycles. The molecule has 0 amide bonds. The van der Waals surface area contributed by atoms with Crippen molar-refractivity contribution < 1.29 is 0 Å². The summed E-state index contributed by atoms with van der Waals surface area (Å²) in [5.74, 6) is 0. The second kappa shape index (κ2) is 4.60. The van der Waals surface area contributed by atoms with Gasteiger partial charge in [0.2, 0.25) is 0 Å². The molecule has 0 atom stereocenters. The molecule has 0 aliphatic heterocycles. The summed E-state index contributed by atoms with van der Waals surface area (Å²) < 4.78 is 0. The van der Waals surface area contributed by atoms with Crippen molar-refractivity contribution >= 4 is 0 Å². The Hall–Kier alpha value is -0.260. The first-order chi connectivity index (χ1) is 4.22. The number of allylic oxidation sites excluding steroid dienone is 2. The molecule has 0 aliphatic rings. The van der Waals surface area contributed by atoms with E-state index in [0.29, 0.717) is 0 Å². The molecule has 0 aromatic heterocycles. The summed E-state index contributed by atoms with van der Waals surface area (Å²) >= 11 is 0. The number of hydrogen-bond acceptors (Lipinski definition) is 0. The molecule has 0 N–H and O–H groups in total. The Labute approximate surface area is 59.0 Å².